The highest BCUT2D eigenvalue weighted by molar-refractivity contribution is 6.20. The zero-order chi connectivity index (χ0) is 31.2. The lowest BCUT2D eigenvalue weighted by molar-refractivity contribution is 0.620. The van der Waals surface area contributed by atoms with Crippen molar-refractivity contribution in [2.75, 3.05) is 0 Å². The van der Waals surface area contributed by atoms with Gasteiger partial charge < -0.3 is 4.42 Å². The SMILES string of the molecule is C1=CC(c2cc(-c3ccc(-c4nc5ccccc5c5c4ccc4oc(-c6ccccc6)nc45)cc3)cc(-c3ccccc3)n2)=CCC1. The summed E-state index contributed by atoms with van der Waals surface area (Å²) in [6.07, 6.45) is 8.82. The molecule has 0 radical (unpaired) electrons. The van der Waals surface area contributed by atoms with Crippen LogP contribution in [0.4, 0.5) is 0 Å². The second-order valence-electron chi connectivity index (χ2n) is 11.9. The van der Waals surface area contributed by atoms with Crippen LogP contribution in [-0.2, 0) is 0 Å². The quantitative estimate of drug-likeness (QED) is 0.184. The van der Waals surface area contributed by atoms with E-state index in [1.807, 2.05) is 48.5 Å². The maximum absolute atomic E-state index is 6.27. The number of aromatic nitrogens is 3. The van der Waals surface area contributed by atoms with Gasteiger partial charge in [0, 0.05) is 32.8 Å². The average molecular weight is 604 g/mol. The molecule has 0 saturated carbocycles. The van der Waals surface area contributed by atoms with Gasteiger partial charge in [0.15, 0.2) is 5.58 Å². The average Bonchev–Trinajstić information content (AvgIpc) is 3.60. The van der Waals surface area contributed by atoms with Crippen LogP contribution >= 0.6 is 0 Å². The highest BCUT2D eigenvalue weighted by Crippen LogP contribution is 2.39. The van der Waals surface area contributed by atoms with Gasteiger partial charge >= 0.3 is 0 Å². The van der Waals surface area contributed by atoms with E-state index in [4.69, 9.17) is 19.4 Å². The van der Waals surface area contributed by atoms with Gasteiger partial charge in [-0.15, -0.1) is 0 Å². The van der Waals surface area contributed by atoms with E-state index in [-0.39, 0.29) is 0 Å². The topological polar surface area (TPSA) is 51.8 Å². The van der Waals surface area contributed by atoms with Crippen LogP contribution in [0.2, 0.25) is 0 Å². The Kier molecular flexibility index (Phi) is 6.57. The number of oxazole rings is 1. The Morgan fingerprint density at radius 3 is 2.02 bits per heavy atom. The van der Waals surface area contributed by atoms with Gasteiger partial charge in [0.25, 0.3) is 0 Å². The summed E-state index contributed by atoms with van der Waals surface area (Å²) in [7, 11) is 0. The van der Waals surface area contributed by atoms with E-state index < -0.39 is 0 Å². The molecule has 3 heterocycles. The third-order valence-corrected chi connectivity index (χ3v) is 8.92. The lowest BCUT2D eigenvalue weighted by atomic mass is 9.95. The Balaban J connectivity index is 1.18. The molecule has 9 rings (SSSR count). The number of nitrogens with zero attached hydrogens (tertiary/aromatic N) is 3. The fraction of sp³-hybridized carbons (Fsp3) is 0.0465. The minimum absolute atomic E-state index is 0.617. The highest BCUT2D eigenvalue weighted by Gasteiger charge is 2.18. The van der Waals surface area contributed by atoms with Crippen LogP contribution in [0, 0.1) is 0 Å². The monoisotopic (exact) mass is 603 g/mol. The largest absolute Gasteiger partial charge is 0.436 e. The number of benzene rings is 5. The standard InChI is InChI=1S/C43H29N3O/c1-4-12-29(13-5-1)37-26-33(27-38(44-37)30-14-6-2-7-15-30)28-20-22-31(23-21-28)41-35-24-25-39-42(40(35)34-18-10-11-19-36(34)45-41)46-43(47-39)32-16-8-3-9-17-32/h1,3-6,8-27H,2,7H2. The van der Waals surface area contributed by atoms with Gasteiger partial charge in [-0.05, 0) is 72.0 Å². The van der Waals surface area contributed by atoms with Crippen molar-refractivity contribution in [2.24, 2.45) is 0 Å². The number of para-hydroxylation sites is 1. The summed E-state index contributed by atoms with van der Waals surface area (Å²) < 4.78 is 6.27. The highest BCUT2D eigenvalue weighted by atomic mass is 16.3. The first-order chi connectivity index (χ1) is 23.3. The van der Waals surface area contributed by atoms with Crippen molar-refractivity contribution >= 4 is 38.3 Å². The molecule has 1 aliphatic rings. The van der Waals surface area contributed by atoms with Gasteiger partial charge in [0.05, 0.1) is 22.6 Å². The van der Waals surface area contributed by atoms with Crippen LogP contribution in [0.3, 0.4) is 0 Å². The van der Waals surface area contributed by atoms with E-state index in [2.05, 4.69) is 103 Å². The lowest BCUT2D eigenvalue weighted by Gasteiger charge is -2.13. The molecule has 5 aromatic carbocycles. The summed E-state index contributed by atoms with van der Waals surface area (Å²) in [5.41, 5.74) is 12.0. The first-order valence-electron chi connectivity index (χ1n) is 16.0. The van der Waals surface area contributed by atoms with Crippen molar-refractivity contribution in [3.8, 4) is 45.1 Å². The van der Waals surface area contributed by atoms with Gasteiger partial charge in [-0.25, -0.2) is 15.0 Å². The number of pyridine rings is 2. The summed E-state index contributed by atoms with van der Waals surface area (Å²) in [6.45, 7) is 0. The molecule has 0 N–H and O–H groups in total. The van der Waals surface area contributed by atoms with Crippen LogP contribution < -0.4 is 0 Å². The summed E-state index contributed by atoms with van der Waals surface area (Å²) in [6, 6.07) is 46.0. The molecule has 0 bridgehead atoms. The van der Waals surface area contributed by atoms with Crippen molar-refractivity contribution in [1.29, 1.82) is 0 Å². The molecule has 0 fully saturated rings. The third-order valence-electron chi connectivity index (χ3n) is 8.92. The van der Waals surface area contributed by atoms with Crippen LogP contribution in [0.5, 0.6) is 0 Å². The molecule has 0 unspecified atom stereocenters. The van der Waals surface area contributed by atoms with Crippen LogP contribution in [-0.4, -0.2) is 15.0 Å². The summed E-state index contributed by atoms with van der Waals surface area (Å²) in [4.78, 5) is 15.3. The Morgan fingerprint density at radius 2 is 1.23 bits per heavy atom. The molecule has 0 saturated heterocycles. The zero-order valence-electron chi connectivity index (χ0n) is 25.6. The first-order valence-corrected chi connectivity index (χ1v) is 16.0. The fourth-order valence-electron chi connectivity index (χ4n) is 6.58. The smallest absolute Gasteiger partial charge is 0.227 e. The van der Waals surface area contributed by atoms with Gasteiger partial charge in [0.2, 0.25) is 5.89 Å². The Labute approximate surface area is 272 Å². The fourth-order valence-corrected chi connectivity index (χ4v) is 6.58. The molecule has 3 aromatic heterocycles. The molecular formula is C43H29N3O. The van der Waals surface area contributed by atoms with Crippen molar-refractivity contribution in [1.82, 2.24) is 15.0 Å². The summed E-state index contributed by atoms with van der Waals surface area (Å²) in [5, 5.41) is 3.16. The second-order valence-corrected chi connectivity index (χ2v) is 11.9. The van der Waals surface area contributed by atoms with E-state index in [9.17, 15) is 0 Å². The number of hydrogen-bond acceptors (Lipinski definition) is 4. The predicted molar refractivity (Wildman–Crippen MR) is 193 cm³/mol. The molecule has 4 nitrogen and oxygen atoms in total. The predicted octanol–water partition coefficient (Wildman–Crippen LogP) is 11.3. The minimum Gasteiger partial charge on any atom is -0.436 e. The molecular weight excluding hydrogens is 574 g/mol. The van der Waals surface area contributed by atoms with Gasteiger partial charge in [-0.1, -0.05) is 109 Å². The molecule has 4 heteroatoms. The number of hydrogen-bond donors (Lipinski definition) is 0. The molecule has 0 aliphatic heterocycles. The number of allylic oxidation sites excluding steroid dienone is 4. The van der Waals surface area contributed by atoms with Crippen LogP contribution in [0.15, 0.2) is 156 Å². The Bertz CT molecular complexity index is 2490. The third kappa shape index (κ3) is 4.91. The number of fused-ring (bicyclic) bond motifs is 5. The van der Waals surface area contributed by atoms with E-state index in [0.29, 0.717) is 5.89 Å². The molecule has 0 spiro atoms. The Hall–Kier alpha value is -6.13. The lowest BCUT2D eigenvalue weighted by Crippen LogP contribution is -1.95. The molecule has 222 valence electrons. The Morgan fingerprint density at radius 1 is 0.511 bits per heavy atom. The maximum Gasteiger partial charge on any atom is 0.227 e. The van der Waals surface area contributed by atoms with Crippen molar-refractivity contribution in [2.45, 2.75) is 12.8 Å². The second kappa shape index (κ2) is 11.3. The van der Waals surface area contributed by atoms with E-state index in [1.54, 1.807) is 0 Å². The van der Waals surface area contributed by atoms with Crippen molar-refractivity contribution in [3.05, 3.63) is 157 Å². The number of rotatable bonds is 5. The van der Waals surface area contributed by atoms with E-state index >= 15 is 0 Å². The van der Waals surface area contributed by atoms with Crippen LogP contribution in [0.25, 0.3) is 83.4 Å². The zero-order valence-corrected chi connectivity index (χ0v) is 25.6. The molecule has 0 amide bonds. The van der Waals surface area contributed by atoms with Crippen LogP contribution in [0.1, 0.15) is 18.5 Å². The van der Waals surface area contributed by atoms with Crippen molar-refractivity contribution in [3.63, 3.8) is 0 Å². The first kappa shape index (κ1) is 27.2. The summed E-state index contributed by atoms with van der Waals surface area (Å²) in [5.74, 6) is 0.617. The molecule has 47 heavy (non-hydrogen) atoms. The van der Waals surface area contributed by atoms with Crippen molar-refractivity contribution < 1.29 is 4.42 Å². The molecule has 8 aromatic rings. The molecule has 1 aliphatic carbocycles. The molecule has 0 atom stereocenters. The van der Waals surface area contributed by atoms with Gasteiger partial charge in [0.1, 0.15) is 5.52 Å². The van der Waals surface area contributed by atoms with Gasteiger partial charge in [-0.2, -0.15) is 0 Å². The van der Waals surface area contributed by atoms with E-state index in [1.165, 1.54) is 5.57 Å². The normalized spacial score (nSPS) is 13.0. The maximum atomic E-state index is 6.27. The minimum atomic E-state index is 0.617. The van der Waals surface area contributed by atoms with Gasteiger partial charge in [-0.3, -0.25) is 0 Å². The van der Waals surface area contributed by atoms with E-state index in [0.717, 1.165) is 90.5 Å². The summed E-state index contributed by atoms with van der Waals surface area (Å²) >= 11 is 0.